The Bertz CT molecular complexity index is 429. The van der Waals surface area contributed by atoms with E-state index >= 15 is 0 Å². The molecule has 0 radical (unpaired) electrons. The molecule has 0 unspecified atom stereocenters. The normalized spacial score (nSPS) is 21.1. The third-order valence-electron chi connectivity index (χ3n) is 4.84. The van der Waals surface area contributed by atoms with Crippen LogP contribution in [0.5, 0.6) is 0 Å². The Labute approximate surface area is 123 Å². The second-order valence-electron chi connectivity index (χ2n) is 6.47. The number of hydrogen-bond donors (Lipinski definition) is 0. The summed E-state index contributed by atoms with van der Waals surface area (Å²) in [5.41, 5.74) is 4.55. The Morgan fingerprint density at radius 1 is 0.850 bits per heavy atom. The van der Waals surface area contributed by atoms with Crippen LogP contribution in [0.2, 0.25) is 0 Å². The zero-order chi connectivity index (χ0) is 13.8. The number of rotatable bonds is 3. The van der Waals surface area contributed by atoms with Crippen molar-refractivity contribution in [2.75, 3.05) is 31.1 Å². The molecule has 0 N–H and O–H groups in total. The molecule has 0 bridgehead atoms. The van der Waals surface area contributed by atoms with Crippen LogP contribution in [0, 0.1) is 6.92 Å². The van der Waals surface area contributed by atoms with Crippen LogP contribution in [0.25, 0.3) is 0 Å². The SMILES string of the molecule is Cc1cccc(CN2CCCCC2)c1N1CCCCC1. The number of para-hydroxylation sites is 1. The Balaban J connectivity index is 1.79. The Morgan fingerprint density at radius 2 is 1.50 bits per heavy atom. The first kappa shape index (κ1) is 13.9. The average Bonchev–Trinajstić information content (AvgIpc) is 2.49. The maximum absolute atomic E-state index is 2.64. The highest BCUT2D eigenvalue weighted by molar-refractivity contribution is 5.59. The molecule has 0 aliphatic carbocycles. The highest BCUT2D eigenvalue weighted by Gasteiger charge is 2.18. The fourth-order valence-corrected chi connectivity index (χ4v) is 3.78. The summed E-state index contributed by atoms with van der Waals surface area (Å²) in [4.78, 5) is 5.28. The molecule has 2 aliphatic rings. The summed E-state index contributed by atoms with van der Waals surface area (Å²) in [6, 6.07) is 6.87. The number of likely N-dealkylation sites (tertiary alicyclic amines) is 1. The lowest BCUT2D eigenvalue weighted by Crippen LogP contribution is -2.33. The van der Waals surface area contributed by atoms with Gasteiger partial charge in [0, 0.05) is 25.3 Å². The van der Waals surface area contributed by atoms with Crippen molar-refractivity contribution in [2.24, 2.45) is 0 Å². The Hall–Kier alpha value is -1.02. The summed E-state index contributed by atoms with van der Waals surface area (Å²) >= 11 is 0. The first-order valence-corrected chi connectivity index (χ1v) is 8.40. The van der Waals surface area contributed by atoms with Crippen LogP contribution in [0.1, 0.15) is 49.7 Å². The molecule has 2 aliphatic heterocycles. The highest BCUT2D eigenvalue weighted by Crippen LogP contribution is 2.29. The van der Waals surface area contributed by atoms with Gasteiger partial charge in [-0.2, -0.15) is 0 Å². The van der Waals surface area contributed by atoms with Gasteiger partial charge in [0.25, 0.3) is 0 Å². The van der Waals surface area contributed by atoms with Crippen molar-refractivity contribution >= 4 is 5.69 Å². The van der Waals surface area contributed by atoms with E-state index in [2.05, 4.69) is 34.9 Å². The number of benzene rings is 1. The lowest BCUT2D eigenvalue weighted by atomic mass is 10.0. The molecule has 110 valence electrons. The fraction of sp³-hybridized carbons (Fsp3) is 0.667. The summed E-state index contributed by atoms with van der Waals surface area (Å²) < 4.78 is 0. The second kappa shape index (κ2) is 6.62. The molecule has 0 amide bonds. The Kier molecular flexibility index (Phi) is 4.62. The van der Waals surface area contributed by atoms with Crippen LogP contribution in [0.4, 0.5) is 5.69 Å². The predicted octanol–water partition coefficient (Wildman–Crippen LogP) is 3.97. The van der Waals surface area contributed by atoms with Gasteiger partial charge < -0.3 is 4.90 Å². The van der Waals surface area contributed by atoms with Gasteiger partial charge >= 0.3 is 0 Å². The van der Waals surface area contributed by atoms with Crippen molar-refractivity contribution in [1.82, 2.24) is 4.90 Å². The quantitative estimate of drug-likeness (QED) is 0.821. The maximum atomic E-state index is 2.64. The van der Waals surface area contributed by atoms with E-state index in [0.717, 1.165) is 6.54 Å². The molecule has 1 aromatic carbocycles. The molecule has 2 saturated heterocycles. The monoisotopic (exact) mass is 272 g/mol. The highest BCUT2D eigenvalue weighted by atomic mass is 15.2. The van der Waals surface area contributed by atoms with Gasteiger partial charge in [-0.15, -0.1) is 0 Å². The zero-order valence-corrected chi connectivity index (χ0v) is 12.9. The molecule has 2 heterocycles. The molecule has 20 heavy (non-hydrogen) atoms. The van der Waals surface area contributed by atoms with Gasteiger partial charge in [-0.1, -0.05) is 24.6 Å². The number of aryl methyl sites for hydroxylation is 1. The maximum Gasteiger partial charge on any atom is 0.0441 e. The number of hydrogen-bond acceptors (Lipinski definition) is 2. The zero-order valence-electron chi connectivity index (χ0n) is 12.9. The second-order valence-corrected chi connectivity index (χ2v) is 6.47. The molecule has 0 saturated carbocycles. The molecular weight excluding hydrogens is 244 g/mol. The van der Waals surface area contributed by atoms with Crippen LogP contribution in [0.15, 0.2) is 18.2 Å². The number of nitrogens with zero attached hydrogens (tertiary/aromatic N) is 2. The van der Waals surface area contributed by atoms with Gasteiger partial charge in [0.05, 0.1) is 0 Å². The van der Waals surface area contributed by atoms with Crippen molar-refractivity contribution < 1.29 is 0 Å². The molecule has 0 atom stereocenters. The van der Waals surface area contributed by atoms with E-state index in [1.165, 1.54) is 76.0 Å². The molecule has 0 spiro atoms. The van der Waals surface area contributed by atoms with E-state index < -0.39 is 0 Å². The summed E-state index contributed by atoms with van der Waals surface area (Å²) in [5.74, 6) is 0. The Morgan fingerprint density at radius 3 is 2.20 bits per heavy atom. The van der Waals surface area contributed by atoms with Crippen molar-refractivity contribution in [3.8, 4) is 0 Å². The van der Waals surface area contributed by atoms with Gasteiger partial charge in [0.2, 0.25) is 0 Å². The topological polar surface area (TPSA) is 6.48 Å². The molecule has 2 heteroatoms. The molecular formula is C18H28N2. The van der Waals surface area contributed by atoms with Crippen LogP contribution in [-0.2, 0) is 6.54 Å². The van der Waals surface area contributed by atoms with Crippen molar-refractivity contribution in [2.45, 2.75) is 52.0 Å². The van der Waals surface area contributed by atoms with Crippen LogP contribution >= 0.6 is 0 Å². The average molecular weight is 272 g/mol. The standard InChI is InChI=1S/C18H28N2/c1-16-9-8-10-17(15-19-11-4-2-5-12-19)18(16)20-13-6-3-7-14-20/h8-10H,2-7,11-15H2,1H3. The number of piperidine rings is 2. The first-order valence-electron chi connectivity index (χ1n) is 8.40. The number of anilines is 1. The van der Waals surface area contributed by atoms with Crippen LogP contribution < -0.4 is 4.90 Å². The van der Waals surface area contributed by atoms with E-state index in [1.807, 2.05) is 0 Å². The van der Waals surface area contributed by atoms with Crippen LogP contribution in [-0.4, -0.2) is 31.1 Å². The van der Waals surface area contributed by atoms with E-state index in [1.54, 1.807) is 5.56 Å². The smallest absolute Gasteiger partial charge is 0.0441 e. The molecule has 0 aromatic heterocycles. The van der Waals surface area contributed by atoms with E-state index in [0.29, 0.717) is 0 Å². The van der Waals surface area contributed by atoms with Crippen LogP contribution in [0.3, 0.4) is 0 Å². The predicted molar refractivity (Wildman–Crippen MR) is 86.4 cm³/mol. The fourth-order valence-electron chi connectivity index (χ4n) is 3.78. The third kappa shape index (κ3) is 3.17. The van der Waals surface area contributed by atoms with Gasteiger partial charge in [-0.3, -0.25) is 4.90 Å². The minimum Gasteiger partial charge on any atom is -0.371 e. The molecule has 2 fully saturated rings. The molecule has 3 rings (SSSR count). The van der Waals surface area contributed by atoms with E-state index in [9.17, 15) is 0 Å². The molecule has 1 aromatic rings. The summed E-state index contributed by atoms with van der Waals surface area (Å²) in [6.07, 6.45) is 8.30. The summed E-state index contributed by atoms with van der Waals surface area (Å²) in [5, 5.41) is 0. The lowest BCUT2D eigenvalue weighted by Gasteiger charge is -2.34. The summed E-state index contributed by atoms with van der Waals surface area (Å²) in [7, 11) is 0. The van der Waals surface area contributed by atoms with E-state index in [-0.39, 0.29) is 0 Å². The largest absolute Gasteiger partial charge is 0.371 e. The van der Waals surface area contributed by atoms with Gasteiger partial charge in [0.1, 0.15) is 0 Å². The van der Waals surface area contributed by atoms with Crippen molar-refractivity contribution in [1.29, 1.82) is 0 Å². The first-order chi connectivity index (χ1) is 9.84. The van der Waals surface area contributed by atoms with Gasteiger partial charge in [0.15, 0.2) is 0 Å². The third-order valence-corrected chi connectivity index (χ3v) is 4.84. The van der Waals surface area contributed by atoms with Crippen molar-refractivity contribution in [3.05, 3.63) is 29.3 Å². The minimum atomic E-state index is 1.15. The van der Waals surface area contributed by atoms with Crippen molar-refractivity contribution in [3.63, 3.8) is 0 Å². The van der Waals surface area contributed by atoms with Gasteiger partial charge in [-0.05, 0) is 63.2 Å². The lowest BCUT2D eigenvalue weighted by molar-refractivity contribution is 0.221. The van der Waals surface area contributed by atoms with E-state index in [4.69, 9.17) is 0 Å². The molecule has 2 nitrogen and oxygen atoms in total. The summed E-state index contributed by atoms with van der Waals surface area (Å²) in [6.45, 7) is 8.49. The van der Waals surface area contributed by atoms with Gasteiger partial charge in [-0.25, -0.2) is 0 Å². The minimum absolute atomic E-state index is 1.15.